The first kappa shape index (κ1) is 32.2. The normalized spacial score (nSPS) is 10.6. The van der Waals surface area contributed by atoms with Gasteiger partial charge in [0.1, 0.15) is 34.5 Å². The Hall–Kier alpha value is -6.74. The van der Waals surface area contributed by atoms with Gasteiger partial charge < -0.3 is 24.4 Å². The number of carbonyl (C=O) groups excluding carboxylic acids is 2. The van der Waals surface area contributed by atoms with Crippen LogP contribution in [0.3, 0.4) is 0 Å². The van der Waals surface area contributed by atoms with Crippen molar-refractivity contribution in [3.8, 4) is 56.8 Å². The Balaban J connectivity index is 1.38. The van der Waals surface area contributed by atoms with Gasteiger partial charge in [0.25, 0.3) is 0 Å². The van der Waals surface area contributed by atoms with Gasteiger partial charge in [-0.15, -0.1) is 0 Å². The molecule has 2 amide bonds. The molecule has 0 aliphatic heterocycles. The van der Waals surface area contributed by atoms with Crippen molar-refractivity contribution in [2.45, 2.75) is 13.8 Å². The highest BCUT2D eigenvalue weighted by atomic mass is 16.6. The molecule has 49 heavy (non-hydrogen) atoms. The summed E-state index contributed by atoms with van der Waals surface area (Å²) in [5.41, 5.74) is 5.14. The second-order valence-electron chi connectivity index (χ2n) is 11.2. The topological polar surface area (TPSA) is 126 Å². The first-order valence-corrected chi connectivity index (χ1v) is 15.4. The summed E-state index contributed by atoms with van der Waals surface area (Å²) < 4.78 is 17.7. The molecule has 0 atom stereocenters. The monoisotopic (exact) mass is 652 g/mol. The van der Waals surface area contributed by atoms with Gasteiger partial charge >= 0.3 is 12.2 Å². The summed E-state index contributed by atoms with van der Waals surface area (Å²) in [5.74, 6) is 1.62. The molecule has 0 heterocycles. The highest BCUT2D eigenvalue weighted by Gasteiger charge is 2.20. The van der Waals surface area contributed by atoms with E-state index in [1.54, 1.807) is 84.9 Å². The average molecular weight is 653 g/mol. The fourth-order valence-electron chi connectivity index (χ4n) is 5.11. The minimum atomic E-state index is -0.705. The minimum Gasteiger partial charge on any atom is -0.508 e. The molecule has 4 N–H and O–H groups in total. The predicted molar refractivity (Wildman–Crippen MR) is 189 cm³/mol. The molecular weight excluding hydrogens is 620 g/mol. The van der Waals surface area contributed by atoms with Gasteiger partial charge in [-0.05, 0) is 97.8 Å². The maximum absolute atomic E-state index is 13.0. The van der Waals surface area contributed by atoms with Crippen LogP contribution in [0, 0.1) is 13.8 Å². The van der Waals surface area contributed by atoms with Gasteiger partial charge in [0.15, 0.2) is 0 Å². The number of phenolic OH excluding ortho intramolecular Hbond substituents is 2. The van der Waals surface area contributed by atoms with Crippen LogP contribution in [0.2, 0.25) is 0 Å². The zero-order valence-corrected chi connectivity index (χ0v) is 26.6. The Morgan fingerprint density at radius 2 is 0.857 bits per heavy atom. The lowest BCUT2D eigenvalue weighted by Crippen LogP contribution is -2.17. The molecule has 0 aliphatic carbocycles. The van der Waals surface area contributed by atoms with E-state index in [4.69, 9.17) is 14.2 Å². The number of carbonyl (C=O) groups is 2. The van der Waals surface area contributed by atoms with Crippen molar-refractivity contribution in [2.75, 3.05) is 10.6 Å². The van der Waals surface area contributed by atoms with Crippen LogP contribution in [0.15, 0.2) is 133 Å². The van der Waals surface area contributed by atoms with E-state index in [9.17, 15) is 19.8 Å². The summed E-state index contributed by atoms with van der Waals surface area (Å²) in [6.45, 7) is 3.88. The quantitative estimate of drug-likeness (QED) is 0.129. The van der Waals surface area contributed by atoms with E-state index in [2.05, 4.69) is 10.6 Å². The minimum absolute atomic E-state index is 0.0707. The van der Waals surface area contributed by atoms with Gasteiger partial charge in [0, 0.05) is 11.1 Å². The maximum atomic E-state index is 13.0. The summed E-state index contributed by atoms with van der Waals surface area (Å²) >= 11 is 0. The number of aryl methyl sites for hydroxylation is 2. The lowest BCUT2D eigenvalue weighted by Gasteiger charge is -2.20. The molecule has 0 saturated carbocycles. The molecule has 244 valence electrons. The van der Waals surface area contributed by atoms with Crippen LogP contribution < -0.4 is 24.8 Å². The summed E-state index contributed by atoms with van der Waals surface area (Å²) in [6.07, 6.45) is -1.41. The number of amides is 2. The number of benzene rings is 6. The summed E-state index contributed by atoms with van der Waals surface area (Å²) in [4.78, 5) is 26.1. The first-order chi connectivity index (χ1) is 23.7. The number of ether oxygens (including phenoxy) is 3. The molecule has 6 rings (SSSR count). The van der Waals surface area contributed by atoms with Crippen molar-refractivity contribution in [2.24, 2.45) is 0 Å². The molecule has 6 aromatic carbocycles. The molecular formula is C40H32N2O7. The number of hydrogen-bond acceptors (Lipinski definition) is 7. The molecule has 0 radical (unpaired) electrons. The van der Waals surface area contributed by atoms with Crippen LogP contribution >= 0.6 is 0 Å². The van der Waals surface area contributed by atoms with Crippen LogP contribution in [0.5, 0.6) is 34.5 Å². The maximum Gasteiger partial charge on any atom is 0.417 e. The molecule has 6 aromatic rings. The van der Waals surface area contributed by atoms with Crippen molar-refractivity contribution >= 4 is 23.6 Å². The van der Waals surface area contributed by atoms with Crippen LogP contribution in [-0.4, -0.2) is 22.4 Å². The predicted octanol–water partition coefficient (Wildman–Crippen LogP) is 10.1. The largest absolute Gasteiger partial charge is 0.508 e. The third kappa shape index (κ3) is 7.98. The molecule has 9 nitrogen and oxygen atoms in total. The van der Waals surface area contributed by atoms with Gasteiger partial charge in [-0.25, -0.2) is 9.59 Å². The van der Waals surface area contributed by atoms with E-state index >= 15 is 0 Å². The Kier molecular flexibility index (Phi) is 9.44. The van der Waals surface area contributed by atoms with E-state index in [-0.39, 0.29) is 11.5 Å². The van der Waals surface area contributed by atoms with Gasteiger partial charge in [0.05, 0.1) is 11.4 Å². The van der Waals surface area contributed by atoms with Crippen LogP contribution in [0.25, 0.3) is 22.3 Å². The van der Waals surface area contributed by atoms with Crippen molar-refractivity contribution in [1.82, 2.24) is 0 Å². The van der Waals surface area contributed by atoms with Gasteiger partial charge in [-0.2, -0.15) is 0 Å². The summed E-state index contributed by atoms with van der Waals surface area (Å²) in [7, 11) is 0. The number of aromatic hydroxyl groups is 2. The van der Waals surface area contributed by atoms with Crippen LogP contribution in [-0.2, 0) is 0 Å². The fourth-order valence-corrected chi connectivity index (χ4v) is 5.11. The van der Waals surface area contributed by atoms with E-state index in [1.807, 2.05) is 38.1 Å². The SMILES string of the molecule is Cc1ccc(OC(=O)Nc2cccc(Oc3cccc(NC(=O)Oc4ccc(C)cc4)c3-c3ccc(O)cc3)c2-c2ccc(O)cc2)cc1. The van der Waals surface area contributed by atoms with E-state index < -0.39 is 12.2 Å². The molecule has 0 unspecified atom stereocenters. The number of hydrogen-bond donors (Lipinski definition) is 4. The Morgan fingerprint density at radius 3 is 1.22 bits per heavy atom. The zero-order valence-electron chi connectivity index (χ0n) is 26.6. The lowest BCUT2D eigenvalue weighted by atomic mass is 10.0. The highest BCUT2D eigenvalue weighted by Crippen LogP contribution is 2.44. The van der Waals surface area contributed by atoms with E-state index in [0.717, 1.165) is 11.1 Å². The molecule has 0 fully saturated rings. The number of rotatable bonds is 8. The van der Waals surface area contributed by atoms with Crippen LogP contribution in [0.1, 0.15) is 11.1 Å². The van der Waals surface area contributed by atoms with Crippen molar-refractivity contribution in [3.63, 3.8) is 0 Å². The van der Waals surface area contributed by atoms with Crippen molar-refractivity contribution < 1.29 is 34.0 Å². The van der Waals surface area contributed by atoms with Crippen molar-refractivity contribution in [1.29, 1.82) is 0 Å². The van der Waals surface area contributed by atoms with Crippen molar-refractivity contribution in [3.05, 3.63) is 145 Å². The Bertz CT molecular complexity index is 1940. The second-order valence-corrected chi connectivity index (χ2v) is 11.2. The Morgan fingerprint density at radius 1 is 0.490 bits per heavy atom. The smallest absolute Gasteiger partial charge is 0.417 e. The first-order valence-electron chi connectivity index (χ1n) is 15.4. The third-order valence-corrected chi connectivity index (χ3v) is 7.52. The third-order valence-electron chi connectivity index (χ3n) is 7.52. The molecule has 0 bridgehead atoms. The molecule has 9 heteroatoms. The lowest BCUT2D eigenvalue weighted by molar-refractivity contribution is 0.214. The van der Waals surface area contributed by atoms with Crippen LogP contribution in [0.4, 0.5) is 21.0 Å². The van der Waals surface area contributed by atoms with Gasteiger partial charge in [-0.3, -0.25) is 10.6 Å². The van der Waals surface area contributed by atoms with Gasteiger partial charge in [-0.1, -0.05) is 71.8 Å². The second kappa shape index (κ2) is 14.4. The highest BCUT2D eigenvalue weighted by molar-refractivity contribution is 5.96. The molecule has 0 saturated heterocycles. The number of nitrogens with one attached hydrogen (secondary N) is 2. The van der Waals surface area contributed by atoms with E-state index in [1.165, 1.54) is 24.3 Å². The summed E-state index contributed by atoms with van der Waals surface area (Å²) in [6, 6.07) is 37.5. The molecule has 0 spiro atoms. The Labute approximate surface area is 283 Å². The standard InChI is InChI=1S/C40H32N2O7/c1-25-9-21-31(22-10-25)47-39(45)41-33-5-3-7-35(37(33)27-13-17-29(43)18-14-27)49-36-8-4-6-34(38(36)28-15-19-30(44)20-16-28)42-40(46)48-32-23-11-26(2)12-24-32/h3-24,43-44H,1-2H3,(H,41,45)(H,42,46). The van der Waals surface area contributed by atoms with E-state index in [0.29, 0.717) is 56.6 Å². The van der Waals surface area contributed by atoms with Gasteiger partial charge in [0.2, 0.25) is 0 Å². The fraction of sp³-hybridized carbons (Fsp3) is 0.0500. The summed E-state index contributed by atoms with van der Waals surface area (Å²) in [5, 5.41) is 25.7. The number of anilines is 2. The number of phenols is 2. The average Bonchev–Trinajstić information content (AvgIpc) is 3.08. The molecule has 0 aromatic heterocycles. The molecule has 0 aliphatic rings. The zero-order chi connectivity index (χ0) is 34.3.